The molecular weight excluding hydrogens is 240 g/mol. The van der Waals surface area contributed by atoms with Crippen LogP contribution in [-0.2, 0) is 0 Å². The van der Waals surface area contributed by atoms with Crippen molar-refractivity contribution in [2.24, 2.45) is 0 Å². The van der Waals surface area contributed by atoms with Gasteiger partial charge in [0.2, 0.25) is 0 Å². The Hall–Kier alpha value is -1.19. The topological polar surface area (TPSA) is 24.9 Å². The van der Waals surface area contributed by atoms with E-state index >= 15 is 0 Å². The Bertz CT molecular complexity index is 439. The van der Waals surface area contributed by atoms with Crippen LogP contribution in [0, 0.1) is 0 Å². The van der Waals surface area contributed by atoms with Crippen molar-refractivity contribution in [3.05, 3.63) is 52.5 Å². The minimum atomic E-state index is 0.312. The van der Waals surface area contributed by atoms with Crippen LogP contribution in [0.3, 0.4) is 0 Å². The molecule has 1 N–H and O–H groups in total. The molecule has 0 aliphatic carbocycles. The second-order valence-electron chi connectivity index (χ2n) is 4.50. The van der Waals surface area contributed by atoms with Crippen molar-refractivity contribution in [3.8, 4) is 0 Å². The largest absolute Gasteiger partial charge is 0.307 e. The average molecular weight is 260 g/mol. The highest BCUT2D eigenvalue weighted by Crippen LogP contribution is 2.31. The zero-order chi connectivity index (χ0) is 12.8. The molecule has 3 heteroatoms. The lowest BCUT2D eigenvalue weighted by Crippen LogP contribution is -2.26. The summed E-state index contributed by atoms with van der Waals surface area (Å²) in [5.41, 5.74) is 1.36. The number of nitrogens with one attached hydrogen (secondary N) is 1. The van der Waals surface area contributed by atoms with Crippen molar-refractivity contribution in [1.82, 2.24) is 10.3 Å². The molecule has 2 nitrogen and oxygen atoms in total. The molecule has 0 aliphatic heterocycles. The number of rotatable bonds is 6. The Labute approximate surface area is 113 Å². The third-order valence-corrected chi connectivity index (χ3v) is 4.02. The van der Waals surface area contributed by atoms with Crippen LogP contribution in [-0.4, -0.2) is 11.5 Å². The van der Waals surface area contributed by atoms with Crippen LogP contribution in [0.5, 0.6) is 0 Å². The second kappa shape index (κ2) is 6.66. The maximum atomic E-state index is 4.47. The van der Waals surface area contributed by atoms with E-state index < -0.39 is 0 Å². The lowest BCUT2D eigenvalue weighted by Gasteiger charge is -2.23. The minimum Gasteiger partial charge on any atom is -0.307 e. The van der Waals surface area contributed by atoms with Gasteiger partial charge in [0.15, 0.2) is 0 Å². The van der Waals surface area contributed by atoms with Gasteiger partial charge in [0.05, 0.1) is 6.04 Å². The first-order valence-corrected chi connectivity index (χ1v) is 7.38. The van der Waals surface area contributed by atoms with E-state index in [-0.39, 0.29) is 0 Å². The van der Waals surface area contributed by atoms with Gasteiger partial charge >= 0.3 is 0 Å². The number of thiazole rings is 1. The zero-order valence-electron chi connectivity index (χ0n) is 11.0. The fourth-order valence-electron chi connectivity index (χ4n) is 2.11. The number of aromatic nitrogens is 1. The zero-order valence-corrected chi connectivity index (χ0v) is 11.8. The molecule has 2 aromatic rings. The first kappa shape index (κ1) is 13.2. The molecule has 0 bridgehead atoms. The van der Waals surface area contributed by atoms with Crippen LogP contribution < -0.4 is 5.32 Å². The van der Waals surface area contributed by atoms with Crippen LogP contribution in [0.25, 0.3) is 0 Å². The van der Waals surface area contributed by atoms with Crippen molar-refractivity contribution in [2.75, 3.05) is 6.54 Å². The minimum absolute atomic E-state index is 0.312. The molecule has 18 heavy (non-hydrogen) atoms. The second-order valence-corrected chi connectivity index (χ2v) is 5.43. The van der Waals surface area contributed by atoms with Gasteiger partial charge in [-0.2, -0.15) is 0 Å². The average Bonchev–Trinajstić information content (AvgIpc) is 2.94. The molecule has 1 heterocycles. The van der Waals surface area contributed by atoms with E-state index in [1.807, 2.05) is 11.6 Å². The van der Waals surface area contributed by atoms with Crippen molar-refractivity contribution >= 4 is 11.3 Å². The number of hydrogen-bond donors (Lipinski definition) is 1. The Morgan fingerprint density at radius 1 is 1.28 bits per heavy atom. The standard InChI is InChI=1S/C15H20N2S/c1-3-9-16-14(15-17-10-11-18-15)12(2)13-7-5-4-6-8-13/h4-8,10-12,14,16H,3,9H2,1-2H3. The highest BCUT2D eigenvalue weighted by atomic mass is 32.1. The van der Waals surface area contributed by atoms with E-state index in [1.54, 1.807) is 11.3 Å². The van der Waals surface area contributed by atoms with Gasteiger partial charge in [-0.3, -0.25) is 0 Å². The predicted octanol–water partition coefficient (Wildman–Crippen LogP) is 3.99. The van der Waals surface area contributed by atoms with Crippen LogP contribution in [0.4, 0.5) is 0 Å². The third kappa shape index (κ3) is 3.18. The Morgan fingerprint density at radius 3 is 2.67 bits per heavy atom. The van der Waals surface area contributed by atoms with Crippen molar-refractivity contribution in [3.63, 3.8) is 0 Å². The Kier molecular flexibility index (Phi) is 4.90. The van der Waals surface area contributed by atoms with Crippen LogP contribution in [0.15, 0.2) is 41.9 Å². The third-order valence-electron chi connectivity index (χ3n) is 3.16. The SMILES string of the molecule is CCCNC(c1nccs1)C(C)c1ccccc1. The summed E-state index contributed by atoms with van der Waals surface area (Å²) in [6, 6.07) is 11.0. The van der Waals surface area contributed by atoms with E-state index in [0.29, 0.717) is 12.0 Å². The molecule has 0 fully saturated rings. The summed E-state index contributed by atoms with van der Waals surface area (Å²) in [5, 5.41) is 6.85. The molecule has 96 valence electrons. The summed E-state index contributed by atoms with van der Waals surface area (Å²) in [6.07, 6.45) is 3.03. The van der Waals surface area contributed by atoms with Gasteiger partial charge in [-0.15, -0.1) is 11.3 Å². The smallest absolute Gasteiger partial charge is 0.110 e. The normalized spacial score (nSPS) is 14.3. The van der Waals surface area contributed by atoms with E-state index in [2.05, 4.69) is 54.5 Å². The molecule has 2 atom stereocenters. The molecule has 0 radical (unpaired) electrons. The maximum Gasteiger partial charge on any atom is 0.110 e. The number of nitrogens with zero attached hydrogens (tertiary/aromatic N) is 1. The lowest BCUT2D eigenvalue weighted by atomic mass is 9.93. The molecule has 0 spiro atoms. The molecular formula is C15H20N2S. The van der Waals surface area contributed by atoms with Crippen LogP contribution in [0.1, 0.15) is 42.8 Å². The fourth-order valence-corrected chi connectivity index (χ4v) is 2.93. The van der Waals surface area contributed by atoms with Crippen molar-refractivity contribution in [2.45, 2.75) is 32.2 Å². The van der Waals surface area contributed by atoms with Gasteiger partial charge in [0.25, 0.3) is 0 Å². The van der Waals surface area contributed by atoms with Crippen LogP contribution >= 0.6 is 11.3 Å². The van der Waals surface area contributed by atoms with E-state index in [1.165, 1.54) is 10.6 Å². The van der Waals surface area contributed by atoms with Crippen molar-refractivity contribution in [1.29, 1.82) is 0 Å². The Balaban J connectivity index is 2.18. The molecule has 0 saturated carbocycles. The molecule has 1 aromatic heterocycles. The van der Waals surface area contributed by atoms with Gasteiger partial charge in [0.1, 0.15) is 5.01 Å². The monoisotopic (exact) mass is 260 g/mol. The van der Waals surface area contributed by atoms with Gasteiger partial charge in [-0.1, -0.05) is 44.2 Å². The van der Waals surface area contributed by atoms with Crippen molar-refractivity contribution < 1.29 is 0 Å². The summed E-state index contributed by atoms with van der Waals surface area (Å²) in [6.45, 7) is 5.49. The van der Waals surface area contributed by atoms with Crippen LogP contribution in [0.2, 0.25) is 0 Å². The van der Waals surface area contributed by atoms with Gasteiger partial charge in [0, 0.05) is 17.5 Å². The summed E-state index contributed by atoms with van der Waals surface area (Å²) in [5.74, 6) is 0.434. The van der Waals surface area contributed by atoms with E-state index in [0.717, 1.165) is 13.0 Å². The summed E-state index contributed by atoms with van der Waals surface area (Å²) in [4.78, 5) is 4.47. The summed E-state index contributed by atoms with van der Waals surface area (Å²) >= 11 is 1.73. The first-order chi connectivity index (χ1) is 8.83. The number of hydrogen-bond acceptors (Lipinski definition) is 3. The molecule has 2 unspecified atom stereocenters. The summed E-state index contributed by atoms with van der Waals surface area (Å²) in [7, 11) is 0. The highest BCUT2D eigenvalue weighted by Gasteiger charge is 2.21. The first-order valence-electron chi connectivity index (χ1n) is 6.50. The van der Waals surface area contributed by atoms with E-state index in [4.69, 9.17) is 0 Å². The van der Waals surface area contributed by atoms with Gasteiger partial charge in [-0.25, -0.2) is 4.98 Å². The molecule has 2 rings (SSSR count). The number of benzene rings is 1. The molecule has 0 amide bonds. The van der Waals surface area contributed by atoms with E-state index in [9.17, 15) is 0 Å². The quantitative estimate of drug-likeness (QED) is 0.849. The summed E-state index contributed by atoms with van der Waals surface area (Å²) < 4.78 is 0. The lowest BCUT2D eigenvalue weighted by molar-refractivity contribution is 0.464. The van der Waals surface area contributed by atoms with Gasteiger partial charge < -0.3 is 5.32 Å². The molecule has 1 aromatic carbocycles. The fraction of sp³-hybridized carbons (Fsp3) is 0.400. The predicted molar refractivity (Wildman–Crippen MR) is 78.0 cm³/mol. The van der Waals surface area contributed by atoms with Gasteiger partial charge in [-0.05, 0) is 18.5 Å². The highest BCUT2D eigenvalue weighted by molar-refractivity contribution is 7.09. The molecule has 0 aliphatic rings. The Morgan fingerprint density at radius 2 is 2.06 bits per heavy atom. The maximum absolute atomic E-state index is 4.47. The molecule has 0 saturated heterocycles.